The van der Waals surface area contributed by atoms with E-state index in [9.17, 15) is 23.5 Å². The molecule has 1 aliphatic rings. The second-order valence-corrected chi connectivity index (χ2v) is 6.53. The van der Waals surface area contributed by atoms with Gasteiger partial charge < -0.3 is 20.1 Å². The number of hydrogen-bond acceptors (Lipinski definition) is 4. The second-order valence-electron chi connectivity index (χ2n) is 6.53. The summed E-state index contributed by atoms with van der Waals surface area (Å²) in [5.74, 6) is -2.75. The maximum atomic E-state index is 13.7. The van der Waals surface area contributed by atoms with Gasteiger partial charge in [-0.25, -0.2) is 18.6 Å². The molecule has 0 aliphatic carbocycles. The molecule has 0 spiro atoms. The Balaban J connectivity index is 1.67. The van der Waals surface area contributed by atoms with Gasteiger partial charge in [0, 0.05) is 37.1 Å². The Labute approximate surface area is 153 Å². The number of nitrogens with zero attached hydrogens (tertiary/aromatic N) is 2. The molecule has 1 aromatic carbocycles. The minimum absolute atomic E-state index is 0.00936. The molecular weight excluding hydrogens is 360 g/mol. The molecule has 0 saturated carbocycles. The molecule has 27 heavy (non-hydrogen) atoms. The van der Waals surface area contributed by atoms with Crippen LogP contribution in [0.25, 0.3) is 0 Å². The average molecular weight is 377 g/mol. The first-order valence-corrected chi connectivity index (χ1v) is 8.15. The first-order chi connectivity index (χ1) is 12.8. The van der Waals surface area contributed by atoms with Crippen molar-refractivity contribution in [3.05, 3.63) is 48.2 Å². The minimum Gasteiger partial charge on any atom is -0.481 e. The molecule has 1 aliphatic heterocycles. The van der Waals surface area contributed by atoms with Gasteiger partial charge in [0.25, 0.3) is 0 Å². The molecule has 7 nitrogen and oxygen atoms in total. The summed E-state index contributed by atoms with van der Waals surface area (Å²) in [6, 6.07) is 5.31. The number of urea groups is 1. The van der Waals surface area contributed by atoms with E-state index in [0.29, 0.717) is 24.7 Å². The summed E-state index contributed by atoms with van der Waals surface area (Å²) in [7, 11) is 0. The van der Waals surface area contributed by atoms with Gasteiger partial charge in [-0.2, -0.15) is 0 Å². The minimum atomic E-state index is -0.968. The molecule has 2 heterocycles. The molecule has 3 rings (SSSR count). The van der Waals surface area contributed by atoms with Crippen molar-refractivity contribution in [3.8, 4) is 11.6 Å². The number of benzene rings is 1. The van der Waals surface area contributed by atoms with E-state index in [1.165, 1.54) is 23.2 Å². The highest BCUT2D eigenvalue weighted by Gasteiger charge is 2.42. The van der Waals surface area contributed by atoms with E-state index in [1.807, 2.05) is 0 Å². The van der Waals surface area contributed by atoms with Gasteiger partial charge in [0.05, 0.1) is 5.41 Å². The number of pyridine rings is 1. The Hall–Kier alpha value is -3.23. The fourth-order valence-electron chi connectivity index (χ4n) is 2.73. The Kier molecular flexibility index (Phi) is 4.93. The highest BCUT2D eigenvalue weighted by molar-refractivity contribution is 5.90. The molecule has 1 fully saturated rings. The molecule has 2 N–H and O–H groups in total. The molecule has 1 aromatic heterocycles. The van der Waals surface area contributed by atoms with Gasteiger partial charge in [-0.3, -0.25) is 4.79 Å². The molecule has 1 atom stereocenters. The van der Waals surface area contributed by atoms with Crippen LogP contribution in [0.5, 0.6) is 11.6 Å². The summed E-state index contributed by atoms with van der Waals surface area (Å²) in [5, 5.41) is 11.9. The number of anilines is 1. The standard InChI is InChI=1S/C18H17F2N3O4/c1-18(16(24)25)5-7-23(10-18)17(26)22-12-4-6-21-15(9-12)27-14-3-2-11(19)8-13(14)20/h2-4,6,8-9H,5,7,10H2,1H3,(H,24,25)(H,21,22,26). The highest BCUT2D eigenvalue weighted by atomic mass is 19.1. The van der Waals surface area contributed by atoms with Crippen LogP contribution < -0.4 is 10.1 Å². The van der Waals surface area contributed by atoms with Crippen molar-refractivity contribution in [3.63, 3.8) is 0 Å². The smallest absolute Gasteiger partial charge is 0.321 e. The second kappa shape index (κ2) is 7.18. The lowest BCUT2D eigenvalue weighted by Crippen LogP contribution is -2.37. The first kappa shape index (κ1) is 18.6. The normalized spacial score (nSPS) is 19.0. The van der Waals surface area contributed by atoms with Crippen molar-refractivity contribution < 1.29 is 28.2 Å². The summed E-state index contributed by atoms with van der Waals surface area (Å²) in [5.41, 5.74) is -0.624. The van der Waals surface area contributed by atoms with Crippen LogP contribution in [0.4, 0.5) is 19.3 Å². The number of rotatable bonds is 4. The van der Waals surface area contributed by atoms with E-state index in [-0.39, 0.29) is 18.2 Å². The zero-order valence-electron chi connectivity index (χ0n) is 14.4. The predicted molar refractivity (Wildman–Crippen MR) is 91.6 cm³/mol. The van der Waals surface area contributed by atoms with Crippen LogP contribution in [0.1, 0.15) is 13.3 Å². The zero-order valence-corrected chi connectivity index (χ0v) is 14.4. The van der Waals surface area contributed by atoms with Gasteiger partial charge in [0.15, 0.2) is 11.6 Å². The largest absolute Gasteiger partial charge is 0.481 e. The number of carboxylic acid groups (broad SMARTS) is 1. The number of aliphatic carboxylic acids is 1. The Bertz CT molecular complexity index is 893. The lowest BCUT2D eigenvalue weighted by molar-refractivity contribution is -0.146. The van der Waals surface area contributed by atoms with Crippen LogP contribution in [0.15, 0.2) is 36.5 Å². The number of halogens is 2. The molecule has 2 aromatic rings. The van der Waals surface area contributed by atoms with E-state index in [2.05, 4.69) is 10.3 Å². The molecule has 9 heteroatoms. The van der Waals surface area contributed by atoms with Crippen LogP contribution in [0, 0.1) is 17.0 Å². The van der Waals surface area contributed by atoms with E-state index in [0.717, 1.165) is 12.1 Å². The number of amides is 2. The summed E-state index contributed by atoms with van der Waals surface area (Å²) in [6.45, 7) is 2.02. The Morgan fingerprint density at radius 2 is 2.07 bits per heavy atom. The quantitative estimate of drug-likeness (QED) is 0.851. The number of carboxylic acids is 1. The molecule has 142 valence electrons. The average Bonchev–Trinajstić information content (AvgIpc) is 3.02. The number of likely N-dealkylation sites (tertiary alicyclic amines) is 1. The third-order valence-corrected chi connectivity index (χ3v) is 4.37. The molecular formula is C18H17F2N3O4. The molecule has 1 saturated heterocycles. The molecule has 1 unspecified atom stereocenters. The van der Waals surface area contributed by atoms with Crippen molar-refractivity contribution in [2.75, 3.05) is 18.4 Å². The monoisotopic (exact) mass is 377 g/mol. The number of nitrogens with one attached hydrogen (secondary N) is 1. The Morgan fingerprint density at radius 3 is 2.74 bits per heavy atom. The third kappa shape index (κ3) is 4.13. The topological polar surface area (TPSA) is 91.8 Å². The van der Waals surface area contributed by atoms with Crippen molar-refractivity contribution in [1.82, 2.24) is 9.88 Å². The zero-order chi connectivity index (χ0) is 19.6. The Morgan fingerprint density at radius 1 is 1.30 bits per heavy atom. The summed E-state index contributed by atoms with van der Waals surface area (Å²) >= 11 is 0. The number of aromatic nitrogens is 1. The van der Waals surface area contributed by atoms with Gasteiger partial charge in [0.1, 0.15) is 5.82 Å². The van der Waals surface area contributed by atoms with Gasteiger partial charge in [0.2, 0.25) is 5.88 Å². The van der Waals surface area contributed by atoms with Gasteiger partial charge in [-0.05, 0) is 31.5 Å². The molecule has 0 radical (unpaired) electrons. The number of ether oxygens (including phenoxy) is 1. The number of carbonyl (C=O) groups excluding carboxylic acids is 1. The van der Waals surface area contributed by atoms with Crippen LogP contribution in [-0.4, -0.2) is 40.1 Å². The summed E-state index contributed by atoms with van der Waals surface area (Å²) < 4.78 is 31.9. The van der Waals surface area contributed by atoms with Gasteiger partial charge in [-0.1, -0.05) is 0 Å². The highest BCUT2D eigenvalue weighted by Crippen LogP contribution is 2.31. The SMILES string of the molecule is CC1(C(=O)O)CCN(C(=O)Nc2ccnc(Oc3ccc(F)cc3F)c2)C1. The van der Waals surface area contributed by atoms with Crippen LogP contribution in [0.2, 0.25) is 0 Å². The van der Waals surface area contributed by atoms with Crippen molar-refractivity contribution in [2.45, 2.75) is 13.3 Å². The lowest BCUT2D eigenvalue weighted by Gasteiger charge is -2.20. The maximum absolute atomic E-state index is 13.7. The van der Waals surface area contributed by atoms with Gasteiger partial charge in [-0.15, -0.1) is 0 Å². The third-order valence-electron chi connectivity index (χ3n) is 4.37. The number of carbonyl (C=O) groups is 2. The fourth-order valence-corrected chi connectivity index (χ4v) is 2.73. The number of hydrogen-bond donors (Lipinski definition) is 2. The van der Waals surface area contributed by atoms with Crippen molar-refractivity contribution in [2.24, 2.45) is 5.41 Å². The fraction of sp³-hybridized carbons (Fsp3) is 0.278. The predicted octanol–water partition coefficient (Wildman–Crippen LogP) is 3.48. The lowest BCUT2D eigenvalue weighted by atomic mass is 9.90. The van der Waals surface area contributed by atoms with E-state index in [4.69, 9.17) is 4.74 Å². The van der Waals surface area contributed by atoms with E-state index >= 15 is 0 Å². The van der Waals surface area contributed by atoms with Gasteiger partial charge >= 0.3 is 12.0 Å². The van der Waals surface area contributed by atoms with Crippen LogP contribution in [0.3, 0.4) is 0 Å². The van der Waals surface area contributed by atoms with E-state index in [1.54, 1.807) is 6.92 Å². The van der Waals surface area contributed by atoms with Crippen LogP contribution in [-0.2, 0) is 4.79 Å². The summed E-state index contributed by atoms with van der Waals surface area (Å²) in [6.07, 6.45) is 1.72. The molecule has 2 amide bonds. The maximum Gasteiger partial charge on any atom is 0.321 e. The molecule has 0 bridgehead atoms. The first-order valence-electron chi connectivity index (χ1n) is 8.15. The van der Waals surface area contributed by atoms with Crippen molar-refractivity contribution in [1.29, 1.82) is 0 Å². The van der Waals surface area contributed by atoms with Crippen molar-refractivity contribution >= 4 is 17.7 Å². The van der Waals surface area contributed by atoms with Crippen LogP contribution >= 0.6 is 0 Å². The van der Waals surface area contributed by atoms with E-state index < -0.39 is 29.0 Å². The summed E-state index contributed by atoms with van der Waals surface area (Å²) in [4.78, 5) is 29.0.